The van der Waals surface area contributed by atoms with E-state index in [2.05, 4.69) is 0 Å². The summed E-state index contributed by atoms with van der Waals surface area (Å²) >= 11 is 0. The van der Waals surface area contributed by atoms with Crippen LogP contribution in [0.15, 0.2) is 23.0 Å². The van der Waals surface area contributed by atoms with E-state index in [0.717, 1.165) is 0 Å². The van der Waals surface area contributed by atoms with Gasteiger partial charge in [0, 0.05) is 17.1 Å². The van der Waals surface area contributed by atoms with Crippen LogP contribution in [-0.2, 0) is 23.9 Å². The highest BCUT2D eigenvalue weighted by atomic mass is 16.6. The van der Waals surface area contributed by atoms with Gasteiger partial charge < -0.3 is 29.9 Å². The SMILES string of the molecule is CC1=CC(=O)O[C@H]1[C@@]1(C)C[C@H]2OC(=O)[C@H](O)[C@@]3(O)[C@H](C)C(=O)C(O)=C1[C@@]23CO. The number of ether oxygens (including phenoxy) is 2. The Labute approximate surface area is 160 Å². The standard InChI is InChI=1S/C19H22O9/c1-7-4-10(21)28-15(7)17(3)5-9-18(6-20)13(17)12(23)11(22)8(2)19(18,26)14(24)16(25)27-9/h4,8-9,14-15,20,23-24,26H,5-6H2,1-3H3/t8-,9-,14+,15-,17+,18-,19+/m1/s1. The molecule has 9 heteroatoms. The van der Waals surface area contributed by atoms with Gasteiger partial charge in [0.25, 0.3) is 0 Å². The fourth-order valence-electron chi connectivity index (χ4n) is 5.88. The Balaban J connectivity index is 2.03. The fourth-order valence-corrected chi connectivity index (χ4v) is 5.88. The van der Waals surface area contributed by atoms with Crippen LogP contribution < -0.4 is 0 Å². The molecule has 1 saturated carbocycles. The van der Waals surface area contributed by atoms with E-state index in [9.17, 15) is 34.8 Å². The molecular weight excluding hydrogens is 372 g/mol. The lowest BCUT2D eigenvalue weighted by Gasteiger charge is -2.57. The summed E-state index contributed by atoms with van der Waals surface area (Å²) < 4.78 is 10.7. The van der Waals surface area contributed by atoms with E-state index in [1.807, 2.05) is 0 Å². The molecule has 2 fully saturated rings. The van der Waals surface area contributed by atoms with Gasteiger partial charge in [-0.3, -0.25) is 4.79 Å². The van der Waals surface area contributed by atoms with Gasteiger partial charge in [0.2, 0.25) is 5.78 Å². The van der Waals surface area contributed by atoms with E-state index in [4.69, 9.17) is 9.47 Å². The lowest BCUT2D eigenvalue weighted by molar-refractivity contribution is -0.257. The highest BCUT2D eigenvalue weighted by Crippen LogP contribution is 2.68. The maximum atomic E-state index is 12.8. The second-order valence-corrected chi connectivity index (χ2v) is 8.42. The minimum Gasteiger partial charge on any atom is -0.504 e. The van der Waals surface area contributed by atoms with Crippen molar-refractivity contribution in [3.63, 3.8) is 0 Å². The van der Waals surface area contributed by atoms with Crippen molar-refractivity contribution in [2.75, 3.05) is 6.61 Å². The van der Waals surface area contributed by atoms with Crippen LogP contribution >= 0.6 is 0 Å². The van der Waals surface area contributed by atoms with Gasteiger partial charge in [-0.25, -0.2) is 9.59 Å². The second kappa shape index (κ2) is 5.43. The molecule has 2 heterocycles. The quantitative estimate of drug-likeness (QED) is 0.446. The molecule has 0 bridgehead atoms. The van der Waals surface area contributed by atoms with Crippen LogP contribution in [0.2, 0.25) is 0 Å². The van der Waals surface area contributed by atoms with Crippen LogP contribution in [0.5, 0.6) is 0 Å². The summed E-state index contributed by atoms with van der Waals surface area (Å²) in [5.41, 5.74) is -4.99. The summed E-state index contributed by atoms with van der Waals surface area (Å²) in [7, 11) is 0. The highest BCUT2D eigenvalue weighted by molar-refractivity contribution is 6.00. The van der Waals surface area contributed by atoms with Crippen LogP contribution in [-0.4, -0.2) is 68.7 Å². The zero-order valence-electron chi connectivity index (χ0n) is 15.6. The first-order chi connectivity index (χ1) is 13.0. The van der Waals surface area contributed by atoms with Crippen LogP contribution in [0.25, 0.3) is 0 Å². The van der Waals surface area contributed by atoms with Crippen molar-refractivity contribution in [3.05, 3.63) is 23.0 Å². The molecule has 4 rings (SSSR count). The average molecular weight is 394 g/mol. The maximum Gasteiger partial charge on any atom is 0.338 e. The van der Waals surface area contributed by atoms with Gasteiger partial charge >= 0.3 is 11.9 Å². The zero-order valence-corrected chi connectivity index (χ0v) is 15.6. The molecule has 0 aromatic rings. The molecule has 9 nitrogen and oxygen atoms in total. The Bertz CT molecular complexity index is 873. The number of allylic oxidation sites excluding steroid dienone is 1. The molecule has 0 radical (unpaired) electrons. The predicted octanol–water partition coefficient (Wildman–Crippen LogP) is -0.705. The number of hydrogen-bond acceptors (Lipinski definition) is 9. The number of carbonyl (C=O) groups is 3. The maximum absolute atomic E-state index is 12.8. The van der Waals surface area contributed by atoms with Gasteiger partial charge in [-0.15, -0.1) is 0 Å². The van der Waals surface area contributed by atoms with Gasteiger partial charge in [0.15, 0.2) is 11.9 Å². The fraction of sp³-hybridized carbons (Fsp3) is 0.632. The molecule has 0 aromatic carbocycles. The van der Waals surface area contributed by atoms with E-state index in [0.29, 0.717) is 5.57 Å². The van der Waals surface area contributed by atoms with Crippen molar-refractivity contribution in [2.45, 2.75) is 51.1 Å². The average Bonchev–Trinajstić information content (AvgIpc) is 3.11. The normalized spacial score (nSPS) is 47.6. The van der Waals surface area contributed by atoms with E-state index in [1.165, 1.54) is 13.0 Å². The summed E-state index contributed by atoms with van der Waals surface area (Å²) in [4.78, 5) is 36.9. The molecule has 0 unspecified atom stereocenters. The van der Waals surface area contributed by atoms with E-state index in [1.54, 1.807) is 13.8 Å². The minimum absolute atomic E-state index is 0.0309. The second-order valence-electron chi connectivity index (χ2n) is 8.42. The summed E-state index contributed by atoms with van der Waals surface area (Å²) in [5.74, 6) is -4.62. The largest absolute Gasteiger partial charge is 0.504 e. The Kier molecular flexibility index (Phi) is 3.70. The van der Waals surface area contributed by atoms with Crippen molar-refractivity contribution < 1.29 is 44.3 Å². The number of aliphatic hydroxyl groups excluding tert-OH is 3. The summed E-state index contributed by atoms with van der Waals surface area (Å²) in [6, 6.07) is 0. The summed E-state index contributed by atoms with van der Waals surface area (Å²) in [6.07, 6.45) is -2.88. The van der Waals surface area contributed by atoms with Crippen LogP contribution in [0.4, 0.5) is 0 Å². The first-order valence-corrected chi connectivity index (χ1v) is 9.05. The molecule has 0 spiro atoms. The molecule has 28 heavy (non-hydrogen) atoms. The Morgan fingerprint density at radius 2 is 1.89 bits per heavy atom. The van der Waals surface area contributed by atoms with Gasteiger partial charge in [-0.2, -0.15) is 0 Å². The zero-order chi connectivity index (χ0) is 20.8. The molecule has 4 aliphatic rings. The molecule has 152 valence electrons. The molecule has 2 aliphatic heterocycles. The first kappa shape index (κ1) is 19.1. The van der Waals surface area contributed by atoms with Crippen molar-refractivity contribution in [1.29, 1.82) is 0 Å². The van der Waals surface area contributed by atoms with Crippen LogP contribution in [0, 0.1) is 16.7 Å². The third kappa shape index (κ3) is 1.80. The van der Waals surface area contributed by atoms with E-state index < -0.39 is 70.7 Å². The van der Waals surface area contributed by atoms with Crippen LogP contribution in [0.3, 0.4) is 0 Å². The molecule has 4 N–H and O–H groups in total. The molecular formula is C19H22O9. The van der Waals surface area contributed by atoms with Crippen LogP contribution in [0.1, 0.15) is 27.2 Å². The molecule has 0 amide bonds. The number of esters is 2. The van der Waals surface area contributed by atoms with Crippen molar-refractivity contribution in [2.24, 2.45) is 16.7 Å². The number of ketones is 1. The molecule has 1 saturated heterocycles. The monoisotopic (exact) mass is 394 g/mol. The van der Waals surface area contributed by atoms with Gasteiger partial charge in [-0.1, -0.05) is 13.8 Å². The summed E-state index contributed by atoms with van der Waals surface area (Å²) in [6.45, 7) is 3.74. The number of hydrogen-bond donors (Lipinski definition) is 4. The Morgan fingerprint density at radius 3 is 2.43 bits per heavy atom. The minimum atomic E-state index is -2.39. The number of rotatable bonds is 2. The van der Waals surface area contributed by atoms with Gasteiger partial charge in [0.05, 0.1) is 17.9 Å². The molecule has 0 aromatic heterocycles. The Morgan fingerprint density at radius 1 is 1.25 bits per heavy atom. The van der Waals surface area contributed by atoms with Gasteiger partial charge in [0.1, 0.15) is 17.8 Å². The smallest absolute Gasteiger partial charge is 0.338 e. The van der Waals surface area contributed by atoms with E-state index in [-0.39, 0.29) is 12.0 Å². The lowest BCUT2D eigenvalue weighted by Crippen LogP contribution is -2.74. The highest BCUT2D eigenvalue weighted by Gasteiger charge is 2.79. The summed E-state index contributed by atoms with van der Waals surface area (Å²) in [5, 5.41) is 43.2. The number of Topliss-reactive ketones (excluding diaryl/α,β-unsaturated/α-hetero) is 1. The first-order valence-electron chi connectivity index (χ1n) is 9.05. The molecule has 2 aliphatic carbocycles. The van der Waals surface area contributed by atoms with Gasteiger partial charge in [-0.05, 0) is 18.9 Å². The molecule has 7 atom stereocenters. The van der Waals surface area contributed by atoms with E-state index >= 15 is 0 Å². The third-order valence-corrected chi connectivity index (χ3v) is 7.13. The van der Waals surface area contributed by atoms with Crippen molar-refractivity contribution >= 4 is 17.7 Å². The third-order valence-electron chi connectivity index (χ3n) is 7.13. The Hall–Kier alpha value is -2.23. The van der Waals surface area contributed by atoms with Crippen molar-refractivity contribution in [3.8, 4) is 0 Å². The number of carbonyl (C=O) groups excluding carboxylic acids is 3. The lowest BCUT2D eigenvalue weighted by atomic mass is 9.52. The van der Waals surface area contributed by atoms with Crippen molar-refractivity contribution in [1.82, 2.24) is 0 Å². The predicted molar refractivity (Wildman–Crippen MR) is 90.5 cm³/mol. The number of aliphatic hydroxyl groups is 4. The topological polar surface area (TPSA) is 151 Å². The number of cyclic esters (lactones) is 1.